The molecule has 5 heteroatoms. The van der Waals surface area contributed by atoms with E-state index >= 15 is 0 Å². The molecule has 1 amide bonds. The Bertz CT molecular complexity index is 897. The first kappa shape index (κ1) is 18.5. The average Bonchev–Trinajstić information content (AvgIpc) is 2.70. The highest BCUT2D eigenvalue weighted by molar-refractivity contribution is 5.93. The zero-order valence-electron chi connectivity index (χ0n) is 15.5. The van der Waals surface area contributed by atoms with E-state index in [9.17, 15) is 4.79 Å². The largest absolute Gasteiger partial charge is 0.492 e. The second-order valence-electron chi connectivity index (χ2n) is 6.09. The van der Waals surface area contributed by atoms with Crippen LogP contribution in [0, 0.1) is 0 Å². The molecule has 0 saturated heterocycles. The Morgan fingerprint density at radius 2 is 1.81 bits per heavy atom. The minimum Gasteiger partial charge on any atom is -0.492 e. The number of aromatic nitrogens is 1. The number of nitrogens with one attached hydrogen (secondary N) is 2. The molecule has 27 heavy (non-hydrogen) atoms. The molecule has 1 atom stereocenters. The third-order valence-electron chi connectivity index (χ3n) is 4.11. The van der Waals surface area contributed by atoms with Gasteiger partial charge < -0.3 is 15.4 Å². The van der Waals surface area contributed by atoms with E-state index in [1.54, 1.807) is 12.3 Å². The number of anilines is 2. The Kier molecular flexibility index (Phi) is 6.05. The summed E-state index contributed by atoms with van der Waals surface area (Å²) >= 11 is 0. The predicted octanol–water partition coefficient (Wildman–Crippen LogP) is 4.71. The van der Waals surface area contributed by atoms with E-state index in [2.05, 4.69) is 15.6 Å². The zero-order chi connectivity index (χ0) is 19.1. The molecule has 3 rings (SSSR count). The van der Waals surface area contributed by atoms with Crippen molar-refractivity contribution >= 4 is 17.3 Å². The number of carbonyl (C=O) groups excluding carboxylic acids is 1. The van der Waals surface area contributed by atoms with E-state index in [1.165, 1.54) is 0 Å². The monoisotopic (exact) mass is 361 g/mol. The van der Waals surface area contributed by atoms with Crippen molar-refractivity contribution in [2.24, 2.45) is 0 Å². The summed E-state index contributed by atoms with van der Waals surface area (Å²) in [5, 5.41) is 6.27. The van der Waals surface area contributed by atoms with Crippen molar-refractivity contribution in [2.45, 2.75) is 19.9 Å². The van der Waals surface area contributed by atoms with Gasteiger partial charge >= 0.3 is 0 Å². The molecule has 2 N–H and O–H groups in total. The van der Waals surface area contributed by atoms with Gasteiger partial charge in [-0.15, -0.1) is 0 Å². The van der Waals surface area contributed by atoms with Crippen molar-refractivity contribution in [3.05, 3.63) is 84.2 Å². The lowest BCUT2D eigenvalue weighted by Gasteiger charge is -2.15. The van der Waals surface area contributed by atoms with Gasteiger partial charge in [0.15, 0.2) is 0 Å². The van der Waals surface area contributed by atoms with Crippen LogP contribution in [0.5, 0.6) is 5.75 Å². The molecule has 0 aliphatic rings. The van der Waals surface area contributed by atoms with E-state index in [0.717, 1.165) is 22.7 Å². The van der Waals surface area contributed by atoms with Crippen molar-refractivity contribution in [3.8, 4) is 5.75 Å². The molecule has 138 valence electrons. The average molecular weight is 361 g/mol. The minimum absolute atomic E-state index is 0.101. The highest BCUT2D eigenvalue weighted by Gasteiger charge is 2.13. The van der Waals surface area contributed by atoms with Crippen LogP contribution in [0.25, 0.3) is 0 Å². The smallest absolute Gasteiger partial charge is 0.270 e. The summed E-state index contributed by atoms with van der Waals surface area (Å²) in [4.78, 5) is 16.8. The quantitative estimate of drug-likeness (QED) is 0.639. The fourth-order valence-corrected chi connectivity index (χ4v) is 2.73. The highest BCUT2D eigenvalue weighted by Crippen LogP contribution is 2.27. The van der Waals surface area contributed by atoms with Crippen LogP contribution in [0.2, 0.25) is 0 Å². The zero-order valence-corrected chi connectivity index (χ0v) is 15.5. The van der Waals surface area contributed by atoms with Gasteiger partial charge in [0, 0.05) is 11.9 Å². The van der Waals surface area contributed by atoms with Crippen molar-refractivity contribution in [1.82, 2.24) is 10.3 Å². The fourth-order valence-electron chi connectivity index (χ4n) is 2.73. The SMILES string of the molecule is CCOc1ccccc1Nc1ccnc(C(=O)NC(C)c2ccccc2)c1. The summed E-state index contributed by atoms with van der Waals surface area (Å²) in [7, 11) is 0. The number of nitrogens with zero attached hydrogens (tertiary/aromatic N) is 1. The first-order chi connectivity index (χ1) is 13.2. The number of amides is 1. The number of carbonyl (C=O) groups is 1. The van der Waals surface area contributed by atoms with Gasteiger partial charge in [-0.05, 0) is 43.7 Å². The third-order valence-corrected chi connectivity index (χ3v) is 4.11. The Balaban J connectivity index is 1.73. The molecule has 1 unspecified atom stereocenters. The van der Waals surface area contributed by atoms with Gasteiger partial charge in [-0.2, -0.15) is 0 Å². The number of rotatable bonds is 7. The van der Waals surface area contributed by atoms with Gasteiger partial charge in [-0.3, -0.25) is 9.78 Å². The number of hydrogen-bond acceptors (Lipinski definition) is 4. The van der Waals surface area contributed by atoms with Crippen LogP contribution >= 0.6 is 0 Å². The lowest BCUT2D eigenvalue weighted by Crippen LogP contribution is -2.27. The summed E-state index contributed by atoms with van der Waals surface area (Å²) < 4.78 is 5.63. The molecule has 2 aromatic carbocycles. The second kappa shape index (κ2) is 8.85. The fraction of sp³-hybridized carbons (Fsp3) is 0.182. The van der Waals surface area contributed by atoms with Gasteiger partial charge in [-0.1, -0.05) is 42.5 Å². The Hall–Kier alpha value is -3.34. The van der Waals surface area contributed by atoms with Gasteiger partial charge in [-0.25, -0.2) is 0 Å². The molecular weight excluding hydrogens is 338 g/mol. The van der Waals surface area contributed by atoms with Crippen molar-refractivity contribution < 1.29 is 9.53 Å². The second-order valence-corrected chi connectivity index (χ2v) is 6.09. The summed E-state index contributed by atoms with van der Waals surface area (Å²) in [6.45, 7) is 4.48. The standard InChI is InChI=1S/C22H23N3O2/c1-3-27-21-12-8-7-11-19(21)25-18-13-14-23-20(15-18)22(26)24-16(2)17-9-5-4-6-10-17/h4-16H,3H2,1-2H3,(H,23,25)(H,24,26). The van der Waals surface area contributed by atoms with Gasteiger partial charge in [0.1, 0.15) is 11.4 Å². The third kappa shape index (κ3) is 4.85. The maximum Gasteiger partial charge on any atom is 0.270 e. The van der Waals surface area contributed by atoms with Crippen molar-refractivity contribution in [2.75, 3.05) is 11.9 Å². The van der Waals surface area contributed by atoms with Gasteiger partial charge in [0.05, 0.1) is 18.3 Å². The number of ether oxygens (including phenoxy) is 1. The Morgan fingerprint density at radius 3 is 2.59 bits per heavy atom. The number of pyridine rings is 1. The van der Waals surface area contributed by atoms with Crippen LogP contribution < -0.4 is 15.4 Å². The van der Waals surface area contributed by atoms with E-state index in [0.29, 0.717) is 12.3 Å². The number of benzene rings is 2. The van der Waals surface area contributed by atoms with Crippen molar-refractivity contribution in [3.63, 3.8) is 0 Å². The predicted molar refractivity (Wildman–Crippen MR) is 107 cm³/mol. The molecule has 0 radical (unpaired) electrons. The minimum atomic E-state index is -0.215. The molecule has 3 aromatic rings. The topological polar surface area (TPSA) is 63.2 Å². The molecule has 0 spiro atoms. The molecule has 5 nitrogen and oxygen atoms in total. The molecule has 0 bridgehead atoms. The molecule has 0 aliphatic carbocycles. The lowest BCUT2D eigenvalue weighted by molar-refractivity contribution is 0.0935. The van der Waals surface area contributed by atoms with Crippen LogP contribution in [0.4, 0.5) is 11.4 Å². The lowest BCUT2D eigenvalue weighted by atomic mass is 10.1. The Morgan fingerprint density at radius 1 is 1.07 bits per heavy atom. The van der Waals surface area contributed by atoms with Crippen LogP contribution in [0.3, 0.4) is 0 Å². The molecular formula is C22H23N3O2. The summed E-state index contributed by atoms with van der Waals surface area (Å²) in [6, 6.07) is 21.0. The maximum absolute atomic E-state index is 12.6. The molecule has 1 heterocycles. The number of hydrogen-bond donors (Lipinski definition) is 2. The normalized spacial score (nSPS) is 11.5. The van der Waals surface area contributed by atoms with Gasteiger partial charge in [0.2, 0.25) is 0 Å². The van der Waals surface area contributed by atoms with Crippen molar-refractivity contribution in [1.29, 1.82) is 0 Å². The van der Waals surface area contributed by atoms with Gasteiger partial charge in [0.25, 0.3) is 5.91 Å². The van der Waals surface area contributed by atoms with E-state index in [4.69, 9.17) is 4.74 Å². The first-order valence-electron chi connectivity index (χ1n) is 8.98. The van der Waals surface area contributed by atoms with Crippen LogP contribution in [0.15, 0.2) is 72.9 Å². The van der Waals surface area contributed by atoms with Crippen LogP contribution in [-0.4, -0.2) is 17.5 Å². The highest BCUT2D eigenvalue weighted by atomic mass is 16.5. The molecule has 0 aliphatic heterocycles. The van der Waals surface area contributed by atoms with E-state index in [1.807, 2.05) is 74.5 Å². The first-order valence-corrected chi connectivity index (χ1v) is 8.98. The van der Waals surface area contributed by atoms with Crippen LogP contribution in [0.1, 0.15) is 35.9 Å². The van der Waals surface area contributed by atoms with E-state index < -0.39 is 0 Å². The Labute approximate surface area is 159 Å². The summed E-state index contributed by atoms with van der Waals surface area (Å²) in [5.41, 5.74) is 3.02. The van der Waals surface area contributed by atoms with E-state index in [-0.39, 0.29) is 11.9 Å². The molecule has 0 fully saturated rings. The number of para-hydroxylation sites is 2. The molecule has 0 saturated carbocycles. The summed E-state index contributed by atoms with van der Waals surface area (Å²) in [6.07, 6.45) is 1.62. The summed E-state index contributed by atoms with van der Waals surface area (Å²) in [5.74, 6) is 0.550. The molecule has 1 aromatic heterocycles. The van der Waals surface area contributed by atoms with Crippen LogP contribution in [-0.2, 0) is 0 Å². The maximum atomic E-state index is 12.6.